The van der Waals surface area contributed by atoms with Gasteiger partial charge in [0.2, 0.25) is 0 Å². The molecule has 0 radical (unpaired) electrons. The molecule has 70 valence electrons. The van der Waals surface area contributed by atoms with Gasteiger partial charge in [0.05, 0.1) is 5.56 Å². The van der Waals surface area contributed by atoms with Gasteiger partial charge in [0.15, 0.2) is 5.78 Å². The molecular formula is C10H10ClFO. The number of hydrogen-bond donors (Lipinski definition) is 0. The van der Waals surface area contributed by atoms with Gasteiger partial charge in [-0.1, -0.05) is 18.5 Å². The number of rotatable bonds is 2. The quantitative estimate of drug-likeness (QED) is 0.669. The first-order chi connectivity index (χ1) is 6.06. The van der Waals surface area contributed by atoms with Crippen molar-refractivity contribution in [3.63, 3.8) is 0 Å². The van der Waals surface area contributed by atoms with Crippen LogP contribution in [0, 0.1) is 12.7 Å². The van der Waals surface area contributed by atoms with Crippen LogP contribution in [0.2, 0.25) is 5.02 Å². The third kappa shape index (κ3) is 2.07. The van der Waals surface area contributed by atoms with Crippen LogP contribution in [-0.2, 0) is 0 Å². The Morgan fingerprint density at radius 1 is 1.54 bits per heavy atom. The Hall–Kier alpha value is -0.890. The van der Waals surface area contributed by atoms with Crippen molar-refractivity contribution in [3.8, 4) is 0 Å². The van der Waals surface area contributed by atoms with E-state index in [1.54, 1.807) is 13.8 Å². The maximum Gasteiger partial charge on any atom is 0.165 e. The van der Waals surface area contributed by atoms with Gasteiger partial charge in [-0.05, 0) is 24.6 Å². The van der Waals surface area contributed by atoms with E-state index in [2.05, 4.69) is 0 Å². The van der Waals surface area contributed by atoms with Crippen molar-refractivity contribution >= 4 is 17.4 Å². The van der Waals surface area contributed by atoms with Crippen molar-refractivity contribution in [1.82, 2.24) is 0 Å². The molecule has 0 aromatic heterocycles. The molecule has 0 amide bonds. The Kier molecular flexibility index (Phi) is 3.04. The highest BCUT2D eigenvalue weighted by atomic mass is 35.5. The lowest BCUT2D eigenvalue weighted by Crippen LogP contribution is -2.02. The second-order valence-electron chi connectivity index (χ2n) is 2.86. The van der Waals surface area contributed by atoms with Crippen LogP contribution in [-0.4, -0.2) is 5.78 Å². The summed E-state index contributed by atoms with van der Waals surface area (Å²) in [5.74, 6) is -0.681. The number of benzene rings is 1. The zero-order valence-electron chi connectivity index (χ0n) is 7.53. The summed E-state index contributed by atoms with van der Waals surface area (Å²) >= 11 is 5.70. The molecule has 3 heteroatoms. The van der Waals surface area contributed by atoms with Crippen molar-refractivity contribution in [2.75, 3.05) is 0 Å². The summed E-state index contributed by atoms with van der Waals surface area (Å²) in [5, 5.41) is 0.399. The number of halogens is 2. The SMILES string of the molecule is CCC(=O)c1cc(Cl)cc(C)c1F. The van der Waals surface area contributed by atoms with E-state index >= 15 is 0 Å². The van der Waals surface area contributed by atoms with E-state index in [1.807, 2.05) is 0 Å². The monoisotopic (exact) mass is 200 g/mol. The second-order valence-corrected chi connectivity index (χ2v) is 3.30. The molecule has 1 nitrogen and oxygen atoms in total. The van der Waals surface area contributed by atoms with E-state index < -0.39 is 5.82 Å². The second kappa shape index (κ2) is 3.88. The molecule has 0 unspecified atom stereocenters. The maximum atomic E-state index is 13.3. The molecule has 0 spiro atoms. The molecule has 0 saturated heterocycles. The fourth-order valence-electron chi connectivity index (χ4n) is 1.12. The lowest BCUT2D eigenvalue weighted by Gasteiger charge is -2.03. The van der Waals surface area contributed by atoms with Gasteiger partial charge in [-0.25, -0.2) is 4.39 Å². The lowest BCUT2D eigenvalue weighted by atomic mass is 10.1. The molecule has 1 aromatic carbocycles. The van der Waals surface area contributed by atoms with Crippen molar-refractivity contribution in [3.05, 3.63) is 34.1 Å². The van der Waals surface area contributed by atoms with E-state index in [0.717, 1.165) is 0 Å². The van der Waals surface area contributed by atoms with Crippen molar-refractivity contribution in [2.45, 2.75) is 20.3 Å². The van der Waals surface area contributed by atoms with Gasteiger partial charge >= 0.3 is 0 Å². The fraction of sp³-hybridized carbons (Fsp3) is 0.300. The third-order valence-corrected chi connectivity index (χ3v) is 2.06. The van der Waals surface area contributed by atoms with Crippen LogP contribution < -0.4 is 0 Å². The maximum absolute atomic E-state index is 13.3. The Morgan fingerprint density at radius 3 is 2.69 bits per heavy atom. The number of hydrogen-bond acceptors (Lipinski definition) is 1. The van der Waals surface area contributed by atoms with Crippen LogP contribution in [0.4, 0.5) is 4.39 Å². The summed E-state index contributed by atoms with van der Waals surface area (Å²) < 4.78 is 13.3. The summed E-state index contributed by atoms with van der Waals surface area (Å²) in [4.78, 5) is 11.2. The molecule has 0 saturated carbocycles. The summed E-state index contributed by atoms with van der Waals surface area (Å²) in [5.41, 5.74) is 0.497. The van der Waals surface area contributed by atoms with E-state index in [4.69, 9.17) is 11.6 Å². The largest absolute Gasteiger partial charge is 0.294 e. The van der Waals surface area contributed by atoms with Crippen LogP contribution in [0.3, 0.4) is 0 Å². The Morgan fingerprint density at radius 2 is 2.15 bits per heavy atom. The standard InChI is InChI=1S/C10H10ClFO/c1-3-9(13)8-5-7(11)4-6(2)10(8)12/h4-5H,3H2,1-2H3. The summed E-state index contributed by atoms with van der Waals surface area (Å²) in [6.45, 7) is 3.28. The van der Waals surface area contributed by atoms with E-state index in [1.165, 1.54) is 12.1 Å². The highest BCUT2D eigenvalue weighted by Crippen LogP contribution is 2.20. The number of carbonyl (C=O) groups excluding carboxylic acids is 1. The van der Waals surface area contributed by atoms with Crippen LogP contribution in [0.25, 0.3) is 0 Å². The van der Waals surface area contributed by atoms with Gasteiger partial charge in [-0.3, -0.25) is 4.79 Å². The predicted molar refractivity (Wildman–Crippen MR) is 50.8 cm³/mol. The van der Waals surface area contributed by atoms with Gasteiger partial charge < -0.3 is 0 Å². The van der Waals surface area contributed by atoms with Crippen LogP contribution in [0.15, 0.2) is 12.1 Å². The minimum Gasteiger partial charge on any atom is -0.294 e. The molecule has 0 atom stereocenters. The summed E-state index contributed by atoms with van der Waals surface area (Å²) in [6.07, 6.45) is 0.288. The van der Waals surface area contributed by atoms with Gasteiger partial charge in [-0.2, -0.15) is 0 Å². The molecule has 1 aromatic rings. The molecule has 0 bridgehead atoms. The zero-order chi connectivity index (χ0) is 10.0. The highest BCUT2D eigenvalue weighted by molar-refractivity contribution is 6.31. The zero-order valence-corrected chi connectivity index (χ0v) is 8.28. The molecule has 0 aliphatic heterocycles. The molecule has 0 aliphatic rings. The summed E-state index contributed by atoms with van der Waals surface area (Å²) in [6, 6.07) is 2.87. The number of Topliss-reactive ketones (excluding diaryl/α,β-unsaturated/α-hetero) is 1. The van der Waals surface area contributed by atoms with Gasteiger partial charge in [0, 0.05) is 11.4 Å². The Balaban J connectivity index is 3.28. The van der Waals surface area contributed by atoms with Crippen LogP contribution >= 0.6 is 11.6 Å². The summed E-state index contributed by atoms with van der Waals surface area (Å²) in [7, 11) is 0. The average Bonchev–Trinajstić information content (AvgIpc) is 2.10. The average molecular weight is 201 g/mol. The minimum absolute atomic E-state index is 0.0903. The molecule has 0 fully saturated rings. The molecular weight excluding hydrogens is 191 g/mol. The van der Waals surface area contributed by atoms with E-state index in [-0.39, 0.29) is 17.8 Å². The minimum atomic E-state index is -0.462. The first-order valence-electron chi connectivity index (χ1n) is 4.05. The number of ketones is 1. The third-order valence-electron chi connectivity index (χ3n) is 1.84. The molecule has 13 heavy (non-hydrogen) atoms. The predicted octanol–water partition coefficient (Wildman–Crippen LogP) is 3.38. The Labute approximate surface area is 81.5 Å². The first-order valence-corrected chi connectivity index (χ1v) is 4.43. The van der Waals surface area contributed by atoms with Crippen molar-refractivity contribution < 1.29 is 9.18 Å². The lowest BCUT2D eigenvalue weighted by molar-refractivity contribution is 0.0984. The fourth-order valence-corrected chi connectivity index (χ4v) is 1.39. The number of aryl methyl sites for hydroxylation is 1. The molecule has 0 heterocycles. The van der Waals surface area contributed by atoms with Gasteiger partial charge in [0.1, 0.15) is 5.82 Å². The van der Waals surface area contributed by atoms with Crippen molar-refractivity contribution in [2.24, 2.45) is 0 Å². The van der Waals surface area contributed by atoms with E-state index in [0.29, 0.717) is 10.6 Å². The molecule has 0 aliphatic carbocycles. The van der Waals surface area contributed by atoms with Crippen LogP contribution in [0.5, 0.6) is 0 Å². The molecule has 1 rings (SSSR count). The van der Waals surface area contributed by atoms with Crippen molar-refractivity contribution in [1.29, 1.82) is 0 Å². The van der Waals surface area contributed by atoms with Gasteiger partial charge in [0.25, 0.3) is 0 Å². The normalized spacial score (nSPS) is 10.2. The topological polar surface area (TPSA) is 17.1 Å². The number of carbonyl (C=O) groups is 1. The highest BCUT2D eigenvalue weighted by Gasteiger charge is 2.12. The van der Waals surface area contributed by atoms with Crippen LogP contribution in [0.1, 0.15) is 29.3 Å². The molecule has 0 N–H and O–H groups in total. The Bertz CT molecular complexity index is 347. The first kappa shape index (κ1) is 10.2. The smallest absolute Gasteiger partial charge is 0.165 e. The van der Waals surface area contributed by atoms with E-state index in [9.17, 15) is 9.18 Å². The van der Waals surface area contributed by atoms with Gasteiger partial charge in [-0.15, -0.1) is 0 Å².